The minimum Gasteiger partial charge on any atom is -0.481 e. The van der Waals surface area contributed by atoms with E-state index in [9.17, 15) is 9.90 Å². The summed E-state index contributed by atoms with van der Waals surface area (Å²) in [5.41, 5.74) is -0.399. The smallest absolute Gasteiger partial charge is 0.309 e. The van der Waals surface area contributed by atoms with Crippen LogP contribution in [0.3, 0.4) is 0 Å². The second-order valence-corrected chi connectivity index (χ2v) is 5.19. The van der Waals surface area contributed by atoms with Gasteiger partial charge in [0.05, 0.1) is 5.41 Å². The molecule has 1 aliphatic carbocycles. The number of hydrogen-bond acceptors (Lipinski definition) is 1. The summed E-state index contributed by atoms with van der Waals surface area (Å²) in [6, 6.07) is 0. The highest BCUT2D eigenvalue weighted by molar-refractivity contribution is 5.75. The molecule has 2 heteroatoms. The molecule has 0 aromatic carbocycles. The maximum atomic E-state index is 11.3. The first-order valence-corrected chi connectivity index (χ1v) is 5.72. The van der Waals surface area contributed by atoms with Crippen molar-refractivity contribution in [3.05, 3.63) is 0 Å². The van der Waals surface area contributed by atoms with Crippen molar-refractivity contribution >= 4 is 5.97 Å². The molecule has 0 aromatic heterocycles. The van der Waals surface area contributed by atoms with Gasteiger partial charge in [-0.3, -0.25) is 4.79 Å². The molecule has 2 unspecified atom stereocenters. The molecule has 82 valence electrons. The second kappa shape index (κ2) is 4.33. The van der Waals surface area contributed by atoms with Crippen LogP contribution in [0.1, 0.15) is 52.9 Å². The Hall–Kier alpha value is -0.530. The maximum Gasteiger partial charge on any atom is 0.309 e. The van der Waals surface area contributed by atoms with Crippen molar-refractivity contribution in [2.75, 3.05) is 0 Å². The van der Waals surface area contributed by atoms with Crippen LogP contribution in [0, 0.1) is 17.3 Å². The van der Waals surface area contributed by atoms with Crippen molar-refractivity contribution in [1.82, 2.24) is 0 Å². The fraction of sp³-hybridized carbons (Fsp3) is 0.917. The number of rotatable bonds is 4. The zero-order valence-corrected chi connectivity index (χ0v) is 9.55. The van der Waals surface area contributed by atoms with Gasteiger partial charge in [0.15, 0.2) is 0 Å². The Morgan fingerprint density at radius 2 is 2.21 bits per heavy atom. The van der Waals surface area contributed by atoms with Gasteiger partial charge in [0.25, 0.3) is 0 Å². The van der Waals surface area contributed by atoms with Crippen LogP contribution in [0.5, 0.6) is 0 Å². The summed E-state index contributed by atoms with van der Waals surface area (Å²) in [6.07, 6.45) is 4.96. The van der Waals surface area contributed by atoms with E-state index in [0.717, 1.165) is 32.1 Å². The summed E-state index contributed by atoms with van der Waals surface area (Å²) in [6.45, 7) is 6.42. The van der Waals surface area contributed by atoms with Crippen LogP contribution < -0.4 is 0 Å². The first kappa shape index (κ1) is 11.5. The van der Waals surface area contributed by atoms with Gasteiger partial charge in [-0.1, -0.05) is 27.2 Å². The molecular weight excluding hydrogens is 176 g/mol. The molecule has 2 nitrogen and oxygen atoms in total. The van der Waals surface area contributed by atoms with E-state index in [-0.39, 0.29) is 0 Å². The van der Waals surface area contributed by atoms with Crippen molar-refractivity contribution in [1.29, 1.82) is 0 Å². The van der Waals surface area contributed by atoms with E-state index in [2.05, 4.69) is 20.8 Å². The van der Waals surface area contributed by atoms with Crippen LogP contribution in [0.2, 0.25) is 0 Å². The molecule has 1 rings (SSSR count). The predicted octanol–water partition coefficient (Wildman–Crippen LogP) is 3.31. The Kier molecular flexibility index (Phi) is 3.57. The van der Waals surface area contributed by atoms with E-state index in [1.165, 1.54) is 0 Å². The average molecular weight is 198 g/mol. The second-order valence-electron chi connectivity index (χ2n) is 5.19. The summed E-state index contributed by atoms with van der Waals surface area (Å²) < 4.78 is 0. The zero-order valence-electron chi connectivity index (χ0n) is 9.55. The quantitative estimate of drug-likeness (QED) is 0.752. The Balaban J connectivity index is 2.67. The van der Waals surface area contributed by atoms with Crippen LogP contribution in [0.15, 0.2) is 0 Å². The van der Waals surface area contributed by atoms with Crippen molar-refractivity contribution in [3.63, 3.8) is 0 Å². The standard InChI is InChI=1S/C12H22O2/c1-9(2)6-8-12(11(13)14)7-4-5-10(12)3/h9-10H,4-8H2,1-3H3,(H,13,14). The highest BCUT2D eigenvalue weighted by Crippen LogP contribution is 2.47. The van der Waals surface area contributed by atoms with Gasteiger partial charge in [-0.15, -0.1) is 0 Å². The zero-order chi connectivity index (χ0) is 10.8. The lowest BCUT2D eigenvalue weighted by Crippen LogP contribution is -2.33. The van der Waals surface area contributed by atoms with Gasteiger partial charge in [0.1, 0.15) is 0 Å². The van der Waals surface area contributed by atoms with Gasteiger partial charge in [0.2, 0.25) is 0 Å². The van der Waals surface area contributed by atoms with E-state index in [1.54, 1.807) is 0 Å². The molecule has 0 heterocycles. The largest absolute Gasteiger partial charge is 0.481 e. The fourth-order valence-electron chi connectivity index (χ4n) is 2.59. The van der Waals surface area contributed by atoms with Gasteiger partial charge in [-0.2, -0.15) is 0 Å². The summed E-state index contributed by atoms with van der Waals surface area (Å²) in [7, 11) is 0. The molecule has 0 aliphatic heterocycles. The number of carboxylic acid groups (broad SMARTS) is 1. The molecule has 1 aliphatic rings. The monoisotopic (exact) mass is 198 g/mol. The van der Waals surface area contributed by atoms with E-state index in [1.807, 2.05) is 0 Å². The number of aliphatic carboxylic acids is 1. The lowest BCUT2D eigenvalue weighted by molar-refractivity contribution is -0.151. The molecule has 0 amide bonds. The van der Waals surface area contributed by atoms with Crippen molar-refractivity contribution in [2.24, 2.45) is 17.3 Å². The molecule has 0 bridgehead atoms. The van der Waals surface area contributed by atoms with Crippen molar-refractivity contribution < 1.29 is 9.90 Å². The Bertz CT molecular complexity index is 210. The molecule has 14 heavy (non-hydrogen) atoms. The van der Waals surface area contributed by atoms with E-state index in [0.29, 0.717) is 11.8 Å². The third-order valence-electron chi connectivity index (χ3n) is 3.80. The van der Waals surface area contributed by atoms with Gasteiger partial charge < -0.3 is 5.11 Å². The molecule has 0 spiro atoms. The van der Waals surface area contributed by atoms with Gasteiger partial charge in [0, 0.05) is 0 Å². The summed E-state index contributed by atoms with van der Waals surface area (Å²) in [4.78, 5) is 11.3. The average Bonchev–Trinajstić information content (AvgIpc) is 2.44. The highest BCUT2D eigenvalue weighted by atomic mass is 16.4. The Morgan fingerprint density at radius 1 is 1.57 bits per heavy atom. The molecule has 0 saturated heterocycles. The molecule has 2 atom stereocenters. The van der Waals surface area contributed by atoms with Crippen molar-refractivity contribution in [3.8, 4) is 0 Å². The van der Waals surface area contributed by atoms with E-state index in [4.69, 9.17) is 0 Å². The first-order chi connectivity index (χ1) is 6.49. The summed E-state index contributed by atoms with van der Waals surface area (Å²) >= 11 is 0. The Morgan fingerprint density at radius 3 is 2.57 bits per heavy atom. The van der Waals surface area contributed by atoms with Gasteiger partial charge >= 0.3 is 5.97 Å². The minimum absolute atomic E-state index is 0.360. The Labute approximate surface area is 86.7 Å². The van der Waals surface area contributed by atoms with Crippen LogP contribution in [0.4, 0.5) is 0 Å². The number of carboxylic acids is 1. The predicted molar refractivity (Wildman–Crippen MR) is 57.2 cm³/mol. The molecule has 1 fully saturated rings. The molecular formula is C12H22O2. The van der Waals surface area contributed by atoms with Crippen molar-refractivity contribution in [2.45, 2.75) is 52.9 Å². The van der Waals surface area contributed by atoms with Gasteiger partial charge in [-0.05, 0) is 37.5 Å². The van der Waals surface area contributed by atoms with Crippen LogP contribution >= 0.6 is 0 Å². The molecule has 0 radical (unpaired) electrons. The third kappa shape index (κ3) is 2.10. The lowest BCUT2D eigenvalue weighted by Gasteiger charge is -2.29. The molecule has 1 saturated carbocycles. The van der Waals surface area contributed by atoms with Gasteiger partial charge in [-0.25, -0.2) is 0 Å². The topological polar surface area (TPSA) is 37.3 Å². The molecule has 1 N–H and O–H groups in total. The lowest BCUT2D eigenvalue weighted by atomic mass is 9.74. The van der Waals surface area contributed by atoms with Crippen LogP contribution in [-0.4, -0.2) is 11.1 Å². The van der Waals surface area contributed by atoms with Crippen LogP contribution in [-0.2, 0) is 4.79 Å². The maximum absolute atomic E-state index is 11.3. The number of carbonyl (C=O) groups is 1. The third-order valence-corrected chi connectivity index (χ3v) is 3.80. The summed E-state index contributed by atoms with van der Waals surface area (Å²) in [5.74, 6) is 0.404. The molecule has 0 aromatic rings. The normalized spacial score (nSPS) is 32.4. The van der Waals surface area contributed by atoms with E-state index < -0.39 is 11.4 Å². The fourth-order valence-corrected chi connectivity index (χ4v) is 2.59. The minimum atomic E-state index is -0.567. The van der Waals surface area contributed by atoms with Crippen LogP contribution in [0.25, 0.3) is 0 Å². The highest BCUT2D eigenvalue weighted by Gasteiger charge is 2.46. The first-order valence-electron chi connectivity index (χ1n) is 5.72. The van der Waals surface area contributed by atoms with E-state index >= 15 is 0 Å². The number of hydrogen-bond donors (Lipinski definition) is 1. The SMILES string of the molecule is CC(C)CCC1(C(=O)O)CCCC1C. The summed E-state index contributed by atoms with van der Waals surface area (Å²) in [5, 5.41) is 9.35.